The Balaban J connectivity index is 2.31. The molecule has 2 atom stereocenters. The first-order valence-corrected chi connectivity index (χ1v) is 5.40. The van der Waals surface area contributed by atoms with Gasteiger partial charge in [-0.2, -0.15) is 0 Å². The van der Waals surface area contributed by atoms with Gasteiger partial charge in [-0.25, -0.2) is 0 Å². The molecule has 1 rings (SSSR count). The van der Waals surface area contributed by atoms with Crippen molar-refractivity contribution < 1.29 is 14.7 Å². The first kappa shape index (κ1) is 12.0. The second kappa shape index (κ2) is 4.64. The molecule has 0 aromatic heterocycles. The summed E-state index contributed by atoms with van der Waals surface area (Å²) in [6, 6.07) is 0. The Hall–Kier alpha value is -1.06. The Morgan fingerprint density at radius 1 is 1.60 bits per heavy atom. The average Bonchev–Trinajstić information content (AvgIpc) is 2.68. The Morgan fingerprint density at radius 3 is 2.73 bits per heavy atom. The smallest absolute Gasteiger partial charge is 0.307 e. The molecule has 15 heavy (non-hydrogen) atoms. The van der Waals surface area contributed by atoms with E-state index in [0.29, 0.717) is 6.61 Å². The molecule has 0 bridgehead atoms. The Morgan fingerprint density at radius 2 is 2.27 bits per heavy atom. The van der Waals surface area contributed by atoms with Crippen molar-refractivity contribution in [3.8, 4) is 0 Å². The molecular weight excluding hydrogens is 194 g/mol. The largest absolute Gasteiger partial charge is 0.481 e. The molecule has 1 fully saturated rings. The summed E-state index contributed by atoms with van der Waals surface area (Å²) in [6.07, 6.45) is 3.68. The molecule has 0 amide bonds. The van der Waals surface area contributed by atoms with Crippen LogP contribution in [0.25, 0.3) is 0 Å². The normalized spacial score (nSPS) is 27.9. The molecule has 1 aliphatic carbocycles. The fraction of sp³-hybridized carbons (Fsp3) is 0.818. The molecule has 0 aromatic carbocycles. The van der Waals surface area contributed by atoms with Gasteiger partial charge in [-0.3, -0.25) is 4.79 Å². The third kappa shape index (κ3) is 2.70. The van der Waals surface area contributed by atoms with Crippen LogP contribution in [0, 0.1) is 17.3 Å². The fourth-order valence-electron chi connectivity index (χ4n) is 1.80. The van der Waals surface area contributed by atoms with Crippen LogP contribution in [0.5, 0.6) is 0 Å². The van der Waals surface area contributed by atoms with E-state index in [1.807, 2.05) is 13.8 Å². The fourth-order valence-corrected chi connectivity index (χ4v) is 1.80. The van der Waals surface area contributed by atoms with Gasteiger partial charge >= 0.3 is 5.97 Å². The molecule has 0 saturated heterocycles. The van der Waals surface area contributed by atoms with E-state index in [1.54, 1.807) is 6.21 Å². The highest BCUT2D eigenvalue weighted by Crippen LogP contribution is 2.57. The van der Waals surface area contributed by atoms with E-state index < -0.39 is 5.97 Å². The molecule has 1 aliphatic rings. The summed E-state index contributed by atoms with van der Waals surface area (Å²) < 4.78 is 0. The van der Waals surface area contributed by atoms with Gasteiger partial charge in [0.05, 0.1) is 5.92 Å². The minimum atomic E-state index is -0.745. The highest BCUT2D eigenvalue weighted by atomic mass is 16.6. The lowest BCUT2D eigenvalue weighted by atomic mass is 10.1. The molecule has 1 N–H and O–H groups in total. The van der Waals surface area contributed by atoms with Crippen LogP contribution in [-0.2, 0) is 9.63 Å². The monoisotopic (exact) mass is 213 g/mol. The highest BCUT2D eigenvalue weighted by molar-refractivity contribution is 5.84. The molecule has 0 aromatic rings. The van der Waals surface area contributed by atoms with Crippen LogP contribution in [0.2, 0.25) is 0 Å². The molecule has 0 aliphatic heterocycles. The van der Waals surface area contributed by atoms with Crippen molar-refractivity contribution in [1.29, 1.82) is 0 Å². The third-order valence-electron chi connectivity index (χ3n) is 3.06. The number of rotatable bonds is 6. The Kier molecular flexibility index (Phi) is 3.72. The number of nitrogens with zero attached hydrogens (tertiary/aromatic N) is 1. The number of carbonyl (C=O) groups is 1. The number of unbranched alkanes of at least 4 members (excludes halogenated alkanes) is 1. The predicted octanol–water partition coefficient (Wildman–Crippen LogP) is 2.15. The maximum absolute atomic E-state index is 10.8. The lowest BCUT2D eigenvalue weighted by Gasteiger charge is -1.97. The van der Waals surface area contributed by atoms with E-state index in [2.05, 4.69) is 12.1 Å². The summed E-state index contributed by atoms with van der Waals surface area (Å²) in [6.45, 7) is 6.57. The van der Waals surface area contributed by atoms with Crippen LogP contribution < -0.4 is 0 Å². The second-order valence-corrected chi connectivity index (χ2v) is 4.60. The lowest BCUT2D eigenvalue weighted by Crippen LogP contribution is -2.03. The zero-order valence-corrected chi connectivity index (χ0v) is 9.56. The van der Waals surface area contributed by atoms with Crippen LogP contribution in [0.15, 0.2) is 5.16 Å². The highest BCUT2D eigenvalue weighted by Gasteiger charge is 2.61. The number of aliphatic carboxylic acids is 1. The summed E-state index contributed by atoms with van der Waals surface area (Å²) >= 11 is 0. The number of hydrogen-bond acceptors (Lipinski definition) is 3. The van der Waals surface area contributed by atoms with Crippen LogP contribution >= 0.6 is 0 Å². The SMILES string of the molecule is CCCCON=CC1[C@@H](C(=O)O)C1(C)C. The first-order chi connectivity index (χ1) is 7.01. The summed E-state index contributed by atoms with van der Waals surface area (Å²) in [5, 5.41) is 12.7. The zero-order valence-electron chi connectivity index (χ0n) is 9.56. The van der Waals surface area contributed by atoms with Gasteiger partial charge in [-0.1, -0.05) is 32.3 Å². The van der Waals surface area contributed by atoms with E-state index in [0.717, 1.165) is 12.8 Å². The predicted molar refractivity (Wildman–Crippen MR) is 57.7 cm³/mol. The van der Waals surface area contributed by atoms with Crippen molar-refractivity contribution in [2.75, 3.05) is 6.61 Å². The number of carboxylic acid groups (broad SMARTS) is 1. The third-order valence-corrected chi connectivity index (χ3v) is 3.06. The van der Waals surface area contributed by atoms with E-state index in [-0.39, 0.29) is 17.3 Å². The molecule has 0 radical (unpaired) electrons. The van der Waals surface area contributed by atoms with Crippen molar-refractivity contribution >= 4 is 12.2 Å². The maximum Gasteiger partial charge on any atom is 0.307 e. The lowest BCUT2D eigenvalue weighted by molar-refractivity contribution is -0.139. The Labute approximate surface area is 90.3 Å². The van der Waals surface area contributed by atoms with Crippen molar-refractivity contribution in [2.45, 2.75) is 33.6 Å². The summed E-state index contributed by atoms with van der Waals surface area (Å²) in [7, 11) is 0. The Bertz CT molecular complexity index is 261. The summed E-state index contributed by atoms with van der Waals surface area (Å²) in [5.74, 6) is -1.04. The van der Waals surface area contributed by atoms with Gasteiger partial charge < -0.3 is 9.94 Å². The number of hydrogen-bond donors (Lipinski definition) is 1. The molecule has 1 saturated carbocycles. The molecule has 0 heterocycles. The maximum atomic E-state index is 10.8. The van der Waals surface area contributed by atoms with E-state index >= 15 is 0 Å². The molecule has 86 valence electrons. The van der Waals surface area contributed by atoms with Gasteiger partial charge in [0, 0.05) is 12.1 Å². The van der Waals surface area contributed by atoms with Gasteiger partial charge in [0.15, 0.2) is 0 Å². The van der Waals surface area contributed by atoms with Crippen LogP contribution in [0.1, 0.15) is 33.6 Å². The minimum absolute atomic E-state index is 0.0108. The molecule has 4 nitrogen and oxygen atoms in total. The van der Waals surface area contributed by atoms with E-state index in [4.69, 9.17) is 9.94 Å². The van der Waals surface area contributed by atoms with Crippen LogP contribution in [-0.4, -0.2) is 23.9 Å². The van der Waals surface area contributed by atoms with Crippen molar-refractivity contribution in [2.24, 2.45) is 22.4 Å². The van der Waals surface area contributed by atoms with Crippen molar-refractivity contribution in [3.63, 3.8) is 0 Å². The summed E-state index contributed by atoms with van der Waals surface area (Å²) in [5.41, 5.74) is -0.177. The second-order valence-electron chi connectivity index (χ2n) is 4.60. The quantitative estimate of drug-likeness (QED) is 0.418. The molecule has 0 spiro atoms. The van der Waals surface area contributed by atoms with Gasteiger partial charge in [0.2, 0.25) is 0 Å². The van der Waals surface area contributed by atoms with E-state index in [1.165, 1.54) is 0 Å². The first-order valence-electron chi connectivity index (χ1n) is 5.40. The van der Waals surface area contributed by atoms with Gasteiger partial charge in [0.1, 0.15) is 6.61 Å². The topological polar surface area (TPSA) is 58.9 Å². The molecular formula is C11H19NO3. The minimum Gasteiger partial charge on any atom is -0.481 e. The van der Waals surface area contributed by atoms with Gasteiger partial charge in [0.25, 0.3) is 0 Å². The average molecular weight is 213 g/mol. The molecule has 4 heteroatoms. The molecule has 1 unspecified atom stereocenters. The van der Waals surface area contributed by atoms with Crippen LogP contribution in [0.3, 0.4) is 0 Å². The van der Waals surface area contributed by atoms with Crippen molar-refractivity contribution in [3.05, 3.63) is 0 Å². The zero-order chi connectivity index (χ0) is 11.5. The van der Waals surface area contributed by atoms with Gasteiger partial charge in [-0.05, 0) is 11.8 Å². The van der Waals surface area contributed by atoms with Crippen LogP contribution in [0.4, 0.5) is 0 Å². The van der Waals surface area contributed by atoms with Crippen molar-refractivity contribution in [1.82, 2.24) is 0 Å². The number of oxime groups is 1. The van der Waals surface area contributed by atoms with Gasteiger partial charge in [-0.15, -0.1) is 0 Å². The summed E-state index contributed by atoms with van der Waals surface area (Å²) in [4.78, 5) is 15.8. The standard InChI is InChI=1S/C11H19NO3/c1-4-5-6-15-12-7-8-9(10(13)14)11(8,2)3/h7-9H,4-6H2,1-3H3,(H,13,14)/t8?,9-/m0/s1. The number of carboxylic acids is 1. The van der Waals surface area contributed by atoms with E-state index in [9.17, 15) is 4.79 Å².